The molecule has 1 aromatic carbocycles. The summed E-state index contributed by atoms with van der Waals surface area (Å²) in [6.07, 6.45) is 0. The molecule has 0 N–H and O–H groups in total. The number of aryl methyl sites for hydroxylation is 1. The van der Waals surface area contributed by atoms with Crippen LogP contribution in [0.15, 0.2) is 12.1 Å². The standard InChI is InChI=1S/C12H14ClNO2/c1-7-5-8-9(6-10(7)13)12(2,3)14(16-4)11(8)15/h5-6H,1-4H3. The first-order valence-electron chi connectivity index (χ1n) is 5.09. The summed E-state index contributed by atoms with van der Waals surface area (Å²) >= 11 is 6.09. The highest BCUT2D eigenvalue weighted by molar-refractivity contribution is 6.31. The average Bonchev–Trinajstić information content (AvgIpc) is 2.37. The lowest BCUT2D eigenvalue weighted by Crippen LogP contribution is -2.37. The fourth-order valence-corrected chi connectivity index (χ4v) is 2.31. The smallest absolute Gasteiger partial charge is 0.273 e. The Morgan fingerprint density at radius 1 is 1.38 bits per heavy atom. The van der Waals surface area contributed by atoms with Gasteiger partial charge in [0.05, 0.1) is 12.6 Å². The lowest BCUT2D eigenvalue weighted by molar-refractivity contribution is -0.148. The van der Waals surface area contributed by atoms with Crippen LogP contribution in [0.4, 0.5) is 0 Å². The highest BCUT2D eigenvalue weighted by atomic mass is 35.5. The number of rotatable bonds is 1. The molecule has 1 amide bonds. The minimum Gasteiger partial charge on any atom is -0.273 e. The second-order valence-corrected chi connectivity index (χ2v) is 4.90. The van der Waals surface area contributed by atoms with Gasteiger partial charge >= 0.3 is 0 Å². The molecule has 0 saturated heterocycles. The summed E-state index contributed by atoms with van der Waals surface area (Å²) in [4.78, 5) is 17.2. The van der Waals surface area contributed by atoms with Crippen molar-refractivity contribution in [1.29, 1.82) is 0 Å². The largest absolute Gasteiger partial charge is 0.278 e. The predicted octanol–water partition coefficient (Wildman–Crippen LogP) is 2.90. The first kappa shape index (κ1) is 11.4. The molecule has 1 aliphatic rings. The van der Waals surface area contributed by atoms with Crippen LogP contribution in [-0.2, 0) is 10.4 Å². The number of hydroxylamine groups is 2. The van der Waals surface area contributed by atoms with Gasteiger partial charge in [0.15, 0.2) is 0 Å². The van der Waals surface area contributed by atoms with Gasteiger partial charge in [-0.2, -0.15) is 0 Å². The number of amides is 1. The lowest BCUT2D eigenvalue weighted by atomic mass is 9.93. The normalized spacial score (nSPS) is 17.8. The maximum Gasteiger partial charge on any atom is 0.278 e. The maximum absolute atomic E-state index is 12.1. The molecule has 0 radical (unpaired) electrons. The number of carbonyl (C=O) groups excluding carboxylic acids is 1. The molecule has 3 nitrogen and oxygen atoms in total. The first-order chi connectivity index (χ1) is 7.39. The Hall–Kier alpha value is -1.06. The van der Waals surface area contributed by atoms with Crippen molar-refractivity contribution in [2.75, 3.05) is 7.11 Å². The molecular weight excluding hydrogens is 226 g/mol. The van der Waals surface area contributed by atoms with Crippen molar-refractivity contribution in [2.45, 2.75) is 26.3 Å². The van der Waals surface area contributed by atoms with Gasteiger partial charge in [-0.05, 0) is 44.0 Å². The molecule has 16 heavy (non-hydrogen) atoms. The van der Waals surface area contributed by atoms with Crippen LogP contribution in [0.25, 0.3) is 0 Å². The van der Waals surface area contributed by atoms with Gasteiger partial charge < -0.3 is 0 Å². The number of benzene rings is 1. The van der Waals surface area contributed by atoms with E-state index in [-0.39, 0.29) is 5.91 Å². The van der Waals surface area contributed by atoms with Crippen LogP contribution < -0.4 is 0 Å². The number of nitrogens with zero attached hydrogens (tertiary/aromatic N) is 1. The summed E-state index contributed by atoms with van der Waals surface area (Å²) < 4.78 is 0. The van der Waals surface area contributed by atoms with Crippen LogP contribution in [0.5, 0.6) is 0 Å². The van der Waals surface area contributed by atoms with E-state index in [1.807, 2.05) is 32.9 Å². The Bertz CT molecular complexity index is 468. The number of halogens is 1. The fraction of sp³-hybridized carbons (Fsp3) is 0.417. The molecule has 0 spiro atoms. The van der Waals surface area contributed by atoms with E-state index in [2.05, 4.69) is 0 Å². The zero-order chi connectivity index (χ0) is 12.1. The van der Waals surface area contributed by atoms with E-state index in [4.69, 9.17) is 16.4 Å². The molecule has 2 rings (SSSR count). The van der Waals surface area contributed by atoms with Crippen LogP contribution in [0, 0.1) is 6.92 Å². The molecule has 0 bridgehead atoms. The molecule has 1 aliphatic heterocycles. The summed E-state index contributed by atoms with van der Waals surface area (Å²) in [5.74, 6) is -0.109. The number of hydrogen-bond donors (Lipinski definition) is 0. The Balaban J connectivity index is 2.67. The molecular formula is C12H14ClNO2. The van der Waals surface area contributed by atoms with Gasteiger partial charge in [-0.3, -0.25) is 9.63 Å². The SMILES string of the molecule is CON1C(=O)c2cc(C)c(Cl)cc2C1(C)C. The first-order valence-corrected chi connectivity index (χ1v) is 5.46. The summed E-state index contributed by atoms with van der Waals surface area (Å²) in [6, 6.07) is 3.67. The van der Waals surface area contributed by atoms with E-state index in [0.29, 0.717) is 10.6 Å². The number of carbonyl (C=O) groups is 1. The Kier molecular flexibility index (Phi) is 2.48. The molecule has 0 aromatic heterocycles. The molecule has 0 saturated carbocycles. The molecule has 1 heterocycles. The van der Waals surface area contributed by atoms with Crippen LogP contribution in [0.3, 0.4) is 0 Å². The third-order valence-electron chi connectivity index (χ3n) is 3.06. The van der Waals surface area contributed by atoms with Gasteiger partial charge in [-0.1, -0.05) is 11.6 Å². The van der Waals surface area contributed by atoms with Crippen molar-refractivity contribution >= 4 is 17.5 Å². The van der Waals surface area contributed by atoms with Crippen LogP contribution >= 0.6 is 11.6 Å². The van der Waals surface area contributed by atoms with Gasteiger partial charge in [0.25, 0.3) is 5.91 Å². The zero-order valence-corrected chi connectivity index (χ0v) is 10.6. The van der Waals surface area contributed by atoms with Gasteiger partial charge in [-0.25, -0.2) is 5.06 Å². The van der Waals surface area contributed by atoms with Crippen molar-refractivity contribution in [3.8, 4) is 0 Å². The second kappa shape index (κ2) is 3.47. The van der Waals surface area contributed by atoms with Crippen molar-refractivity contribution in [1.82, 2.24) is 5.06 Å². The Labute approximate surface area is 99.9 Å². The average molecular weight is 240 g/mol. The fourth-order valence-electron chi connectivity index (χ4n) is 2.15. The molecule has 0 aliphatic carbocycles. The van der Waals surface area contributed by atoms with Crippen molar-refractivity contribution in [2.24, 2.45) is 0 Å². The lowest BCUT2D eigenvalue weighted by Gasteiger charge is -2.29. The van der Waals surface area contributed by atoms with E-state index in [9.17, 15) is 4.79 Å². The summed E-state index contributed by atoms with van der Waals surface area (Å²) in [5, 5.41) is 2.06. The van der Waals surface area contributed by atoms with E-state index in [1.165, 1.54) is 12.2 Å². The van der Waals surface area contributed by atoms with Crippen LogP contribution in [-0.4, -0.2) is 18.1 Å². The third-order valence-corrected chi connectivity index (χ3v) is 3.47. The summed E-state index contributed by atoms with van der Waals surface area (Å²) in [5.41, 5.74) is 2.02. The van der Waals surface area contributed by atoms with E-state index in [1.54, 1.807) is 0 Å². The van der Waals surface area contributed by atoms with E-state index < -0.39 is 5.54 Å². The molecule has 0 atom stereocenters. The quantitative estimate of drug-likeness (QED) is 0.754. The van der Waals surface area contributed by atoms with Crippen LogP contribution in [0.1, 0.15) is 35.3 Å². The monoisotopic (exact) mass is 239 g/mol. The molecule has 0 fully saturated rings. The highest BCUT2D eigenvalue weighted by Crippen LogP contribution is 2.40. The summed E-state index contributed by atoms with van der Waals surface area (Å²) in [6.45, 7) is 5.76. The molecule has 0 unspecified atom stereocenters. The molecule has 86 valence electrons. The maximum atomic E-state index is 12.1. The van der Waals surface area contributed by atoms with Crippen molar-refractivity contribution in [3.63, 3.8) is 0 Å². The molecule has 4 heteroatoms. The Morgan fingerprint density at radius 2 is 2.00 bits per heavy atom. The van der Waals surface area contributed by atoms with Gasteiger partial charge in [0.1, 0.15) is 0 Å². The topological polar surface area (TPSA) is 29.5 Å². The predicted molar refractivity (Wildman–Crippen MR) is 62.4 cm³/mol. The minimum atomic E-state index is -0.474. The van der Waals surface area contributed by atoms with E-state index in [0.717, 1.165) is 11.1 Å². The van der Waals surface area contributed by atoms with Crippen molar-refractivity contribution < 1.29 is 9.63 Å². The third kappa shape index (κ3) is 1.35. The number of fused-ring (bicyclic) bond motifs is 1. The van der Waals surface area contributed by atoms with E-state index >= 15 is 0 Å². The summed E-state index contributed by atoms with van der Waals surface area (Å²) in [7, 11) is 1.50. The van der Waals surface area contributed by atoms with Gasteiger partial charge in [0.2, 0.25) is 0 Å². The van der Waals surface area contributed by atoms with Gasteiger partial charge in [-0.15, -0.1) is 0 Å². The van der Waals surface area contributed by atoms with Gasteiger partial charge in [0, 0.05) is 10.6 Å². The minimum absolute atomic E-state index is 0.109. The van der Waals surface area contributed by atoms with Crippen LogP contribution in [0.2, 0.25) is 5.02 Å². The molecule has 1 aromatic rings. The Morgan fingerprint density at radius 3 is 2.56 bits per heavy atom. The van der Waals surface area contributed by atoms with Crippen molar-refractivity contribution in [3.05, 3.63) is 33.8 Å². The number of hydrogen-bond acceptors (Lipinski definition) is 2. The zero-order valence-electron chi connectivity index (χ0n) is 9.80. The second-order valence-electron chi connectivity index (χ2n) is 4.49. The highest BCUT2D eigenvalue weighted by Gasteiger charge is 2.44.